The van der Waals surface area contributed by atoms with Crippen molar-refractivity contribution in [3.05, 3.63) is 11.8 Å². The van der Waals surface area contributed by atoms with Crippen molar-refractivity contribution in [1.29, 1.82) is 0 Å². The number of hydrogen-bond donors (Lipinski definition) is 1. The maximum Gasteiger partial charge on any atom is 0.354 e. The predicted octanol–water partition coefficient (Wildman–Crippen LogP) is 1.40. The number of aromatic nitrogens is 2. The maximum atomic E-state index is 12.4. The van der Waals surface area contributed by atoms with Crippen molar-refractivity contribution in [2.45, 2.75) is 52.4 Å². The molecule has 0 saturated heterocycles. The second kappa shape index (κ2) is 4.97. The van der Waals surface area contributed by atoms with Crippen LogP contribution in [0, 0.1) is 6.92 Å². The number of aryl methyl sites for hydroxylation is 1. The average molecular weight is 259 g/mol. The van der Waals surface area contributed by atoms with Gasteiger partial charge in [0, 0.05) is 6.20 Å². The number of rotatable bonds is 5. The largest absolute Gasteiger partial charge is 0.425 e. The van der Waals surface area contributed by atoms with Crippen LogP contribution < -0.4 is 5.59 Å². The molecule has 0 fully saturated rings. The number of halogens is 2. The minimum atomic E-state index is -2.67. The molecule has 0 aromatic carbocycles. The second-order valence-corrected chi connectivity index (χ2v) is 5.26. The molecule has 0 aliphatic rings. The molecule has 1 rings (SSSR count). The summed E-state index contributed by atoms with van der Waals surface area (Å²) >= 11 is 0. The molecule has 0 aliphatic carbocycles. The molecule has 0 atom stereocenters. The van der Waals surface area contributed by atoms with E-state index < -0.39 is 17.8 Å². The van der Waals surface area contributed by atoms with Crippen LogP contribution in [-0.2, 0) is 4.65 Å². The third-order valence-corrected chi connectivity index (χ3v) is 3.09. The van der Waals surface area contributed by atoms with Crippen molar-refractivity contribution in [3.8, 4) is 0 Å². The smallest absolute Gasteiger partial charge is 0.354 e. The summed E-state index contributed by atoms with van der Waals surface area (Å²) in [6.45, 7) is 5.65. The predicted molar refractivity (Wildman–Crippen MR) is 65.1 cm³/mol. The molecule has 4 nitrogen and oxygen atoms in total. The van der Waals surface area contributed by atoms with Gasteiger partial charge in [-0.1, -0.05) is 0 Å². The molecule has 7 heteroatoms. The quantitative estimate of drug-likeness (QED) is 0.813. The van der Waals surface area contributed by atoms with Crippen molar-refractivity contribution < 1.29 is 18.5 Å². The van der Waals surface area contributed by atoms with Crippen molar-refractivity contribution in [3.63, 3.8) is 0 Å². The number of nitrogens with zero attached hydrogens (tertiary/aromatic N) is 2. The molecule has 1 radical (unpaired) electrons. The highest BCUT2D eigenvalue weighted by Crippen LogP contribution is 2.24. The zero-order valence-corrected chi connectivity index (χ0v) is 11.2. The van der Waals surface area contributed by atoms with Gasteiger partial charge in [-0.3, -0.25) is 0 Å². The van der Waals surface area contributed by atoms with E-state index in [1.54, 1.807) is 34.6 Å². The molecular formula is C11H18BF2N2O2. The van der Waals surface area contributed by atoms with E-state index in [1.807, 2.05) is 0 Å². The lowest BCUT2D eigenvalue weighted by Crippen LogP contribution is -2.49. The topological polar surface area (TPSA) is 47.3 Å². The minimum Gasteiger partial charge on any atom is -0.425 e. The summed E-state index contributed by atoms with van der Waals surface area (Å²) in [4.78, 5) is 0. The van der Waals surface area contributed by atoms with E-state index in [1.165, 1.54) is 13.7 Å². The molecule has 101 valence electrons. The Morgan fingerprint density at radius 3 is 2.33 bits per heavy atom. The molecule has 0 aliphatic heterocycles. The van der Waals surface area contributed by atoms with Crippen LogP contribution in [0.5, 0.6) is 0 Å². The number of hydrogen-bond acceptors (Lipinski definition) is 3. The standard InChI is InChI=1S/C11H18BF2N2O2/c1-7-6-16(9(13)14)15-8(7)12-18-11(4,5)10(2,3)17/h6,9,17H,1-5H3. The molecule has 1 heterocycles. The first-order valence-electron chi connectivity index (χ1n) is 5.62. The van der Waals surface area contributed by atoms with Gasteiger partial charge < -0.3 is 9.76 Å². The summed E-state index contributed by atoms with van der Waals surface area (Å²) in [5.74, 6) is 0. The highest BCUT2D eigenvalue weighted by Gasteiger charge is 2.36. The van der Waals surface area contributed by atoms with E-state index >= 15 is 0 Å². The lowest BCUT2D eigenvalue weighted by Gasteiger charge is -2.37. The zero-order valence-electron chi connectivity index (χ0n) is 11.2. The van der Waals surface area contributed by atoms with Gasteiger partial charge in [-0.2, -0.15) is 13.9 Å². The molecular weight excluding hydrogens is 241 g/mol. The third-order valence-electron chi connectivity index (χ3n) is 3.09. The van der Waals surface area contributed by atoms with Crippen LogP contribution in [0.3, 0.4) is 0 Å². The summed E-state index contributed by atoms with van der Waals surface area (Å²) in [6, 6.07) is 0. The zero-order chi connectivity index (χ0) is 14.1. The molecule has 0 amide bonds. The third kappa shape index (κ3) is 3.29. The maximum absolute atomic E-state index is 12.4. The van der Waals surface area contributed by atoms with E-state index in [0.29, 0.717) is 15.8 Å². The molecule has 1 aromatic heterocycles. The number of alkyl halides is 2. The van der Waals surface area contributed by atoms with Gasteiger partial charge in [0.2, 0.25) is 0 Å². The van der Waals surface area contributed by atoms with Crippen LogP contribution in [0.25, 0.3) is 0 Å². The van der Waals surface area contributed by atoms with Crippen LogP contribution in [0.15, 0.2) is 6.20 Å². The molecule has 0 saturated carbocycles. The Morgan fingerprint density at radius 2 is 1.94 bits per heavy atom. The van der Waals surface area contributed by atoms with Gasteiger partial charge >= 0.3 is 14.0 Å². The Morgan fingerprint density at radius 1 is 1.39 bits per heavy atom. The van der Waals surface area contributed by atoms with E-state index in [0.717, 1.165) is 0 Å². The van der Waals surface area contributed by atoms with E-state index in [2.05, 4.69) is 5.10 Å². The highest BCUT2D eigenvalue weighted by atomic mass is 19.3. The Balaban J connectivity index is 2.75. The van der Waals surface area contributed by atoms with Crippen molar-refractivity contribution in [1.82, 2.24) is 9.78 Å². The van der Waals surface area contributed by atoms with Crippen molar-refractivity contribution >= 4 is 13.1 Å². The van der Waals surface area contributed by atoms with Crippen LogP contribution in [0.2, 0.25) is 0 Å². The summed E-state index contributed by atoms with van der Waals surface area (Å²) in [5.41, 5.74) is -1.01. The first-order chi connectivity index (χ1) is 8.04. The van der Waals surface area contributed by atoms with Gasteiger partial charge in [0.25, 0.3) is 0 Å². The van der Waals surface area contributed by atoms with Crippen LogP contribution in [0.1, 0.15) is 39.8 Å². The minimum absolute atomic E-state index is 0.327. The van der Waals surface area contributed by atoms with E-state index in [9.17, 15) is 13.9 Å². The lowest BCUT2D eigenvalue weighted by molar-refractivity contribution is -0.0894. The molecule has 0 spiro atoms. The SMILES string of the molecule is Cc1cn(C(F)F)nc1[B]OC(C)(C)C(C)(C)O. The Bertz CT molecular complexity index is 414. The Labute approximate surface area is 106 Å². The van der Waals surface area contributed by atoms with E-state index in [4.69, 9.17) is 4.65 Å². The Kier molecular flexibility index (Phi) is 4.17. The van der Waals surface area contributed by atoms with Crippen LogP contribution in [0.4, 0.5) is 8.78 Å². The fraction of sp³-hybridized carbons (Fsp3) is 0.727. The molecule has 0 unspecified atom stereocenters. The average Bonchev–Trinajstić information content (AvgIpc) is 2.55. The fourth-order valence-corrected chi connectivity index (χ4v) is 1.06. The summed E-state index contributed by atoms with van der Waals surface area (Å²) in [5, 5.41) is 13.6. The van der Waals surface area contributed by atoms with Crippen molar-refractivity contribution in [2.75, 3.05) is 0 Å². The van der Waals surface area contributed by atoms with Gasteiger partial charge in [-0.05, 0) is 40.2 Å². The van der Waals surface area contributed by atoms with Crippen LogP contribution >= 0.6 is 0 Å². The first-order valence-corrected chi connectivity index (χ1v) is 5.62. The number of aliphatic hydroxyl groups is 1. The summed E-state index contributed by atoms with van der Waals surface area (Å²) in [6.07, 6.45) is 1.25. The van der Waals surface area contributed by atoms with Crippen LogP contribution in [-0.4, -0.2) is 33.6 Å². The molecule has 0 bridgehead atoms. The first kappa shape index (κ1) is 15.1. The van der Waals surface area contributed by atoms with E-state index in [-0.39, 0.29) is 0 Å². The van der Waals surface area contributed by atoms with Crippen molar-refractivity contribution in [2.24, 2.45) is 0 Å². The van der Waals surface area contributed by atoms with Gasteiger partial charge in [0.1, 0.15) is 0 Å². The summed E-state index contributed by atoms with van der Waals surface area (Å²) in [7, 11) is 1.30. The summed E-state index contributed by atoms with van der Waals surface area (Å²) < 4.78 is 30.9. The van der Waals surface area contributed by atoms with Gasteiger partial charge in [0.05, 0.1) is 16.8 Å². The normalized spacial score (nSPS) is 13.2. The highest BCUT2D eigenvalue weighted by molar-refractivity contribution is 6.46. The monoisotopic (exact) mass is 259 g/mol. The molecule has 1 aromatic rings. The van der Waals surface area contributed by atoms with Gasteiger partial charge in [0.15, 0.2) is 0 Å². The lowest BCUT2D eigenvalue weighted by atomic mass is 9.84. The van der Waals surface area contributed by atoms with Gasteiger partial charge in [-0.15, -0.1) is 0 Å². The Hall–Kier alpha value is -0.945. The van der Waals surface area contributed by atoms with Gasteiger partial charge in [-0.25, -0.2) is 4.68 Å². The molecule has 18 heavy (non-hydrogen) atoms. The fourth-order valence-electron chi connectivity index (χ4n) is 1.06. The second-order valence-electron chi connectivity index (χ2n) is 5.26. The molecule has 1 N–H and O–H groups in total.